The van der Waals surface area contributed by atoms with Gasteiger partial charge in [0, 0.05) is 12.2 Å². The van der Waals surface area contributed by atoms with Crippen molar-refractivity contribution in [3.63, 3.8) is 0 Å². The van der Waals surface area contributed by atoms with Crippen LogP contribution in [0.4, 0.5) is 18.9 Å². The predicted octanol–water partition coefficient (Wildman–Crippen LogP) is 3.91. The second kappa shape index (κ2) is 6.80. The summed E-state index contributed by atoms with van der Waals surface area (Å²) in [6.07, 6.45) is -2.33. The Hall–Kier alpha value is -1.23. The highest BCUT2D eigenvalue weighted by Gasteiger charge is 2.33. The molecule has 0 aliphatic heterocycles. The molecule has 1 rings (SSSR count). The molecule has 2 N–H and O–H groups in total. The van der Waals surface area contributed by atoms with Gasteiger partial charge in [-0.3, -0.25) is 4.90 Å². The molecule has 0 atom stereocenters. The largest absolute Gasteiger partial charge is 0.416 e. The van der Waals surface area contributed by atoms with E-state index in [4.69, 9.17) is 5.73 Å². The average molecular weight is 274 g/mol. The Bertz CT molecular complexity index is 402. The van der Waals surface area contributed by atoms with Crippen LogP contribution in [0.15, 0.2) is 18.2 Å². The molecule has 1 aromatic rings. The minimum atomic E-state index is -4.35. The quantitative estimate of drug-likeness (QED) is 0.797. The third kappa shape index (κ3) is 4.74. The second-order valence-corrected chi connectivity index (χ2v) is 4.64. The van der Waals surface area contributed by atoms with Crippen molar-refractivity contribution in [3.05, 3.63) is 29.3 Å². The molecule has 0 heterocycles. The number of benzene rings is 1. The number of hydrogen-bond donors (Lipinski definition) is 1. The Labute approximate surface area is 112 Å². The molecule has 0 saturated carbocycles. The van der Waals surface area contributed by atoms with Crippen LogP contribution in [-0.2, 0) is 12.7 Å². The number of halogens is 3. The Morgan fingerprint density at radius 3 is 2.42 bits per heavy atom. The highest BCUT2D eigenvalue weighted by Crippen LogP contribution is 2.33. The standard InChI is InChI=1S/C14H21F3N2/c1-3-5-8-19(4-2)10-11-6-7-12(18)9-13(11)14(15,16)17/h6-7,9H,3-5,8,10,18H2,1-2H3. The topological polar surface area (TPSA) is 29.3 Å². The fraction of sp³-hybridized carbons (Fsp3) is 0.571. The first kappa shape index (κ1) is 15.8. The van der Waals surface area contributed by atoms with Crippen molar-refractivity contribution in [2.75, 3.05) is 18.8 Å². The van der Waals surface area contributed by atoms with Crippen molar-refractivity contribution in [1.29, 1.82) is 0 Å². The lowest BCUT2D eigenvalue weighted by molar-refractivity contribution is -0.138. The van der Waals surface area contributed by atoms with E-state index in [1.54, 1.807) is 0 Å². The maximum Gasteiger partial charge on any atom is 0.416 e. The average Bonchev–Trinajstić information content (AvgIpc) is 2.34. The zero-order valence-corrected chi connectivity index (χ0v) is 11.4. The molecular weight excluding hydrogens is 253 g/mol. The van der Waals surface area contributed by atoms with E-state index < -0.39 is 11.7 Å². The molecule has 19 heavy (non-hydrogen) atoms. The molecule has 0 radical (unpaired) electrons. The molecule has 0 saturated heterocycles. The minimum Gasteiger partial charge on any atom is -0.399 e. The van der Waals surface area contributed by atoms with E-state index in [1.165, 1.54) is 12.1 Å². The van der Waals surface area contributed by atoms with E-state index in [9.17, 15) is 13.2 Å². The van der Waals surface area contributed by atoms with E-state index >= 15 is 0 Å². The molecule has 0 amide bonds. The SMILES string of the molecule is CCCCN(CC)Cc1ccc(N)cc1C(F)(F)F. The van der Waals surface area contributed by atoms with Gasteiger partial charge in [-0.1, -0.05) is 26.3 Å². The number of nitrogens with two attached hydrogens (primary N) is 1. The Morgan fingerprint density at radius 1 is 1.21 bits per heavy atom. The van der Waals surface area contributed by atoms with Gasteiger partial charge in [-0.05, 0) is 37.2 Å². The fourth-order valence-corrected chi connectivity index (χ4v) is 1.97. The molecule has 0 spiro atoms. The second-order valence-electron chi connectivity index (χ2n) is 4.64. The predicted molar refractivity (Wildman–Crippen MR) is 71.7 cm³/mol. The number of nitrogens with zero attached hydrogens (tertiary/aromatic N) is 1. The summed E-state index contributed by atoms with van der Waals surface area (Å²) < 4.78 is 38.9. The van der Waals surface area contributed by atoms with Crippen LogP contribution in [-0.4, -0.2) is 18.0 Å². The van der Waals surface area contributed by atoms with Crippen LogP contribution in [0.5, 0.6) is 0 Å². The number of anilines is 1. The minimum absolute atomic E-state index is 0.146. The number of unbranched alkanes of at least 4 members (excludes halogenated alkanes) is 1. The third-order valence-corrected chi connectivity index (χ3v) is 3.11. The molecular formula is C14H21F3N2. The van der Waals surface area contributed by atoms with Gasteiger partial charge in [0.2, 0.25) is 0 Å². The highest BCUT2D eigenvalue weighted by atomic mass is 19.4. The lowest BCUT2D eigenvalue weighted by Crippen LogP contribution is -2.25. The zero-order valence-electron chi connectivity index (χ0n) is 11.4. The summed E-state index contributed by atoms with van der Waals surface area (Å²) in [5, 5.41) is 0. The zero-order chi connectivity index (χ0) is 14.5. The maximum atomic E-state index is 13.0. The Balaban J connectivity index is 2.93. The number of nitrogen functional groups attached to an aromatic ring is 1. The van der Waals surface area contributed by atoms with Gasteiger partial charge < -0.3 is 5.73 Å². The van der Waals surface area contributed by atoms with Crippen LogP contribution >= 0.6 is 0 Å². The van der Waals surface area contributed by atoms with Crippen molar-refractivity contribution in [1.82, 2.24) is 4.90 Å². The first-order valence-corrected chi connectivity index (χ1v) is 6.56. The maximum absolute atomic E-state index is 13.0. The summed E-state index contributed by atoms with van der Waals surface area (Å²) >= 11 is 0. The number of hydrogen-bond acceptors (Lipinski definition) is 2. The number of alkyl halides is 3. The first-order chi connectivity index (χ1) is 8.88. The molecule has 5 heteroatoms. The molecule has 108 valence electrons. The van der Waals surface area contributed by atoms with Crippen molar-refractivity contribution in [2.45, 2.75) is 39.4 Å². The molecule has 0 aliphatic rings. The van der Waals surface area contributed by atoms with Crippen LogP contribution < -0.4 is 5.73 Å². The molecule has 2 nitrogen and oxygen atoms in total. The number of rotatable bonds is 6. The van der Waals surface area contributed by atoms with Crippen molar-refractivity contribution < 1.29 is 13.2 Å². The Morgan fingerprint density at radius 2 is 1.89 bits per heavy atom. The first-order valence-electron chi connectivity index (χ1n) is 6.56. The fourth-order valence-electron chi connectivity index (χ4n) is 1.97. The van der Waals surface area contributed by atoms with E-state index in [0.29, 0.717) is 12.1 Å². The van der Waals surface area contributed by atoms with Gasteiger partial charge in [0.1, 0.15) is 0 Å². The molecule has 1 aromatic carbocycles. The van der Waals surface area contributed by atoms with Gasteiger partial charge in [-0.25, -0.2) is 0 Å². The summed E-state index contributed by atoms with van der Waals surface area (Å²) in [5.41, 5.74) is 5.27. The third-order valence-electron chi connectivity index (χ3n) is 3.11. The molecule has 0 unspecified atom stereocenters. The van der Waals surface area contributed by atoms with Crippen molar-refractivity contribution >= 4 is 5.69 Å². The lowest BCUT2D eigenvalue weighted by atomic mass is 10.1. The smallest absolute Gasteiger partial charge is 0.399 e. The summed E-state index contributed by atoms with van der Waals surface area (Å²) in [6.45, 7) is 5.89. The van der Waals surface area contributed by atoms with E-state index in [2.05, 4.69) is 6.92 Å². The van der Waals surface area contributed by atoms with E-state index in [0.717, 1.165) is 32.0 Å². The van der Waals surface area contributed by atoms with Gasteiger partial charge in [0.15, 0.2) is 0 Å². The van der Waals surface area contributed by atoms with E-state index in [-0.39, 0.29) is 5.69 Å². The normalized spacial score (nSPS) is 12.1. The van der Waals surface area contributed by atoms with Gasteiger partial charge in [-0.15, -0.1) is 0 Å². The van der Waals surface area contributed by atoms with Crippen LogP contribution in [0.3, 0.4) is 0 Å². The molecule has 0 aromatic heterocycles. The lowest BCUT2D eigenvalue weighted by Gasteiger charge is -2.22. The van der Waals surface area contributed by atoms with Gasteiger partial charge in [-0.2, -0.15) is 13.2 Å². The summed E-state index contributed by atoms with van der Waals surface area (Å²) in [4.78, 5) is 2.02. The summed E-state index contributed by atoms with van der Waals surface area (Å²) in [5.74, 6) is 0. The highest BCUT2D eigenvalue weighted by molar-refractivity contribution is 5.46. The van der Waals surface area contributed by atoms with Crippen molar-refractivity contribution in [3.8, 4) is 0 Å². The molecule has 0 fully saturated rings. The van der Waals surface area contributed by atoms with Gasteiger partial charge >= 0.3 is 6.18 Å². The molecule has 0 aliphatic carbocycles. The van der Waals surface area contributed by atoms with Crippen molar-refractivity contribution in [2.24, 2.45) is 0 Å². The Kier molecular flexibility index (Phi) is 5.66. The summed E-state index contributed by atoms with van der Waals surface area (Å²) in [6, 6.07) is 4.02. The molecule has 0 bridgehead atoms. The van der Waals surface area contributed by atoms with Crippen LogP contribution in [0.25, 0.3) is 0 Å². The monoisotopic (exact) mass is 274 g/mol. The van der Waals surface area contributed by atoms with Gasteiger partial charge in [0.05, 0.1) is 5.56 Å². The van der Waals surface area contributed by atoms with Crippen LogP contribution in [0.1, 0.15) is 37.8 Å². The van der Waals surface area contributed by atoms with Crippen LogP contribution in [0, 0.1) is 0 Å². The van der Waals surface area contributed by atoms with E-state index in [1.807, 2.05) is 11.8 Å². The summed E-state index contributed by atoms with van der Waals surface area (Å²) in [7, 11) is 0. The van der Waals surface area contributed by atoms with Gasteiger partial charge in [0.25, 0.3) is 0 Å². The van der Waals surface area contributed by atoms with Crippen LogP contribution in [0.2, 0.25) is 0 Å².